The minimum Gasteiger partial charge on any atom is -0.326 e. The number of amides is 1. The van der Waals surface area contributed by atoms with Crippen molar-refractivity contribution in [3.8, 4) is 0 Å². The van der Waals surface area contributed by atoms with Crippen LogP contribution >= 0.6 is 11.6 Å². The maximum absolute atomic E-state index is 13.7. The molecule has 7 heteroatoms. The summed E-state index contributed by atoms with van der Waals surface area (Å²) < 4.78 is 13.7. The largest absolute Gasteiger partial charge is 0.326 e. The molecule has 2 aromatic carbocycles. The summed E-state index contributed by atoms with van der Waals surface area (Å²) in [6.07, 6.45) is 6.69. The quantitative estimate of drug-likeness (QED) is 0.566. The zero-order valence-corrected chi connectivity index (χ0v) is 17.3. The molecule has 1 aromatic heterocycles. The van der Waals surface area contributed by atoms with E-state index in [1.54, 1.807) is 24.3 Å². The molecule has 1 saturated carbocycles. The number of carbonyl (C=O) groups excluding carboxylic acids is 1. The summed E-state index contributed by atoms with van der Waals surface area (Å²) in [5.41, 5.74) is 1.56. The van der Waals surface area contributed by atoms with E-state index in [9.17, 15) is 14.0 Å². The number of anilines is 1. The molecule has 4 rings (SSSR count). The van der Waals surface area contributed by atoms with Gasteiger partial charge in [-0.2, -0.15) is 5.10 Å². The summed E-state index contributed by atoms with van der Waals surface area (Å²) in [5.74, 6) is 0.121. The van der Waals surface area contributed by atoms with Crippen LogP contribution in [0.3, 0.4) is 0 Å². The van der Waals surface area contributed by atoms with E-state index in [1.807, 2.05) is 0 Å². The molecule has 1 aliphatic carbocycles. The van der Waals surface area contributed by atoms with Gasteiger partial charge in [0.2, 0.25) is 5.91 Å². The molecular formula is C23H23ClFN3O2. The number of H-pyrrole nitrogens is 1. The first-order valence-corrected chi connectivity index (χ1v) is 10.6. The van der Waals surface area contributed by atoms with Gasteiger partial charge >= 0.3 is 0 Å². The summed E-state index contributed by atoms with van der Waals surface area (Å²) in [5, 5.41) is 10.7. The van der Waals surface area contributed by atoms with E-state index in [0.717, 1.165) is 6.42 Å². The van der Waals surface area contributed by atoms with Crippen molar-refractivity contribution < 1.29 is 9.18 Å². The van der Waals surface area contributed by atoms with Crippen molar-refractivity contribution in [1.29, 1.82) is 0 Å². The Labute approximate surface area is 178 Å². The van der Waals surface area contributed by atoms with Crippen LogP contribution < -0.4 is 10.9 Å². The molecule has 0 radical (unpaired) electrons. The lowest BCUT2D eigenvalue weighted by molar-refractivity contribution is -0.116. The van der Waals surface area contributed by atoms with Gasteiger partial charge in [0.1, 0.15) is 5.82 Å². The fourth-order valence-corrected chi connectivity index (χ4v) is 4.25. The monoisotopic (exact) mass is 427 g/mol. The van der Waals surface area contributed by atoms with Crippen molar-refractivity contribution in [3.05, 3.63) is 68.8 Å². The van der Waals surface area contributed by atoms with Gasteiger partial charge in [-0.25, -0.2) is 9.49 Å². The number of halogens is 2. The van der Waals surface area contributed by atoms with E-state index in [-0.39, 0.29) is 16.5 Å². The highest BCUT2D eigenvalue weighted by atomic mass is 35.5. The molecule has 1 amide bonds. The average Bonchev–Trinajstić information content (AvgIpc) is 3.25. The number of carbonyl (C=O) groups is 1. The van der Waals surface area contributed by atoms with Gasteiger partial charge in [-0.05, 0) is 42.2 Å². The summed E-state index contributed by atoms with van der Waals surface area (Å²) in [4.78, 5) is 24.6. The third-order valence-corrected chi connectivity index (χ3v) is 6.07. The summed E-state index contributed by atoms with van der Waals surface area (Å²) in [6.45, 7) is 0. The van der Waals surface area contributed by atoms with Crippen LogP contribution in [0.4, 0.5) is 10.1 Å². The fourth-order valence-electron chi connectivity index (χ4n) is 4.14. The molecule has 156 valence electrons. The van der Waals surface area contributed by atoms with E-state index in [0.29, 0.717) is 46.5 Å². The zero-order valence-electron chi connectivity index (χ0n) is 16.5. The van der Waals surface area contributed by atoms with Crippen LogP contribution in [0.2, 0.25) is 5.02 Å². The number of aromatic amines is 1. The SMILES string of the molecule is O=C(CCC1CCCC1)Nc1ccc2c(Cc3ccc(Cl)c(F)c3)n[nH]c(=O)c2c1. The van der Waals surface area contributed by atoms with Gasteiger partial charge in [0.15, 0.2) is 0 Å². The lowest BCUT2D eigenvalue weighted by atomic mass is 10.0. The van der Waals surface area contributed by atoms with E-state index in [2.05, 4.69) is 15.5 Å². The van der Waals surface area contributed by atoms with Crippen molar-refractivity contribution in [3.63, 3.8) is 0 Å². The number of rotatable bonds is 6. The summed E-state index contributed by atoms with van der Waals surface area (Å²) in [7, 11) is 0. The zero-order chi connectivity index (χ0) is 21.1. The van der Waals surface area contributed by atoms with Crippen LogP contribution in [0.25, 0.3) is 10.8 Å². The summed E-state index contributed by atoms with van der Waals surface area (Å²) in [6, 6.07) is 9.78. The number of nitrogens with zero attached hydrogens (tertiary/aromatic N) is 1. The molecule has 0 saturated heterocycles. The Morgan fingerprint density at radius 3 is 2.73 bits per heavy atom. The Morgan fingerprint density at radius 1 is 1.17 bits per heavy atom. The number of benzene rings is 2. The normalized spacial score (nSPS) is 14.3. The van der Waals surface area contributed by atoms with Gasteiger partial charge in [0.05, 0.1) is 16.1 Å². The summed E-state index contributed by atoms with van der Waals surface area (Å²) >= 11 is 5.74. The molecule has 3 aromatic rings. The Balaban J connectivity index is 1.52. The number of hydrogen-bond donors (Lipinski definition) is 2. The Hall–Kier alpha value is -2.73. The van der Waals surface area contributed by atoms with E-state index < -0.39 is 5.82 Å². The van der Waals surface area contributed by atoms with Gasteiger partial charge < -0.3 is 5.32 Å². The molecule has 0 aliphatic heterocycles. The van der Waals surface area contributed by atoms with Gasteiger partial charge in [0, 0.05) is 23.9 Å². The topological polar surface area (TPSA) is 74.8 Å². The van der Waals surface area contributed by atoms with Crippen molar-refractivity contribution in [1.82, 2.24) is 10.2 Å². The van der Waals surface area contributed by atoms with Gasteiger partial charge in [-0.1, -0.05) is 49.4 Å². The van der Waals surface area contributed by atoms with Crippen molar-refractivity contribution >= 4 is 34.0 Å². The molecule has 1 aliphatic rings. The molecule has 1 fully saturated rings. The molecule has 0 atom stereocenters. The molecule has 0 bridgehead atoms. The van der Waals surface area contributed by atoms with Crippen LogP contribution in [0.15, 0.2) is 41.2 Å². The highest BCUT2D eigenvalue weighted by molar-refractivity contribution is 6.30. The van der Waals surface area contributed by atoms with Crippen LogP contribution in [0, 0.1) is 11.7 Å². The number of aromatic nitrogens is 2. The minimum atomic E-state index is -0.495. The smallest absolute Gasteiger partial charge is 0.272 e. The Morgan fingerprint density at radius 2 is 1.97 bits per heavy atom. The lowest BCUT2D eigenvalue weighted by Gasteiger charge is -2.10. The van der Waals surface area contributed by atoms with E-state index in [4.69, 9.17) is 11.6 Å². The van der Waals surface area contributed by atoms with Crippen LogP contribution in [0.1, 0.15) is 49.8 Å². The molecule has 0 spiro atoms. The van der Waals surface area contributed by atoms with Gasteiger partial charge in [-0.15, -0.1) is 0 Å². The van der Waals surface area contributed by atoms with Crippen molar-refractivity contribution in [2.75, 3.05) is 5.32 Å². The lowest BCUT2D eigenvalue weighted by Crippen LogP contribution is -2.15. The van der Waals surface area contributed by atoms with Gasteiger partial charge in [-0.3, -0.25) is 9.59 Å². The Kier molecular flexibility index (Phi) is 6.13. The minimum absolute atomic E-state index is 0.0383. The van der Waals surface area contributed by atoms with Crippen LogP contribution in [0.5, 0.6) is 0 Å². The second kappa shape index (κ2) is 8.96. The number of nitrogens with one attached hydrogen (secondary N) is 2. The predicted octanol–water partition coefficient (Wildman–Crippen LogP) is 5.22. The molecular weight excluding hydrogens is 405 g/mol. The van der Waals surface area contributed by atoms with Gasteiger partial charge in [0.25, 0.3) is 5.56 Å². The first-order chi connectivity index (χ1) is 14.5. The number of hydrogen-bond acceptors (Lipinski definition) is 3. The third-order valence-electron chi connectivity index (χ3n) is 5.76. The maximum Gasteiger partial charge on any atom is 0.272 e. The Bertz CT molecular complexity index is 1140. The molecule has 1 heterocycles. The van der Waals surface area contributed by atoms with E-state index >= 15 is 0 Å². The highest BCUT2D eigenvalue weighted by Gasteiger charge is 2.16. The second-order valence-electron chi connectivity index (χ2n) is 7.92. The average molecular weight is 428 g/mol. The van der Waals surface area contributed by atoms with Crippen LogP contribution in [-0.2, 0) is 11.2 Å². The standard InChI is InChI=1S/C23H23ClFN3O2/c24-19-9-5-15(11-20(19)25)12-21-17-8-7-16(13-18(17)23(30)28-27-21)26-22(29)10-6-14-3-1-2-4-14/h5,7-9,11,13-14H,1-4,6,10,12H2,(H,26,29)(H,28,30). The molecule has 30 heavy (non-hydrogen) atoms. The first kappa shape index (κ1) is 20.5. The predicted molar refractivity (Wildman–Crippen MR) is 116 cm³/mol. The van der Waals surface area contributed by atoms with Crippen LogP contribution in [-0.4, -0.2) is 16.1 Å². The third kappa shape index (κ3) is 4.70. The van der Waals surface area contributed by atoms with Crippen molar-refractivity contribution in [2.24, 2.45) is 5.92 Å². The number of fused-ring (bicyclic) bond motifs is 1. The fraction of sp³-hybridized carbons (Fsp3) is 0.348. The highest BCUT2D eigenvalue weighted by Crippen LogP contribution is 2.29. The molecule has 0 unspecified atom stereocenters. The molecule has 2 N–H and O–H groups in total. The second-order valence-corrected chi connectivity index (χ2v) is 8.33. The first-order valence-electron chi connectivity index (χ1n) is 10.2. The maximum atomic E-state index is 13.7. The van der Waals surface area contributed by atoms with E-state index in [1.165, 1.54) is 37.8 Å². The molecule has 5 nitrogen and oxygen atoms in total. The van der Waals surface area contributed by atoms with Crippen molar-refractivity contribution in [2.45, 2.75) is 44.9 Å².